The molecule has 3 aromatic heterocycles. The van der Waals surface area contributed by atoms with Crippen molar-refractivity contribution in [2.24, 2.45) is 0 Å². The number of halogens is 2. The van der Waals surface area contributed by atoms with E-state index in [0.29, 0.717) is 28.0 Å². The Hall–Kier alpha value is -2.15. The number of fused-ring (bicyclic) bond motifs is 1. The van der Waals surface area contributed by atoms with Crippen molar-refractivity contribution in [3.8, 4) is 11.3 Å². The van der Waals surface area contributed by atoms with E-state index in [9.17, 15) is 0 Å². The third kappa shape index (κ3) is 3.85. The van der Waals surface area contributed by atoms with E-state index in [-0.39, 0.29) is 5.41 Å². The van der Waals surface area contributed by atoms with Gasteiger partial charge in [0.25, 0.3) is 0 Å². The number of anilines is 1. The van der Waals surface area contributed by atoms with Crippen LogP contribution in [-0.4, -0.2) is 15.1 Å². The Bertz CT molecular complexity index is 1150. The zero-order chi connectivity index (χ0) is 19.9. The van der Waals surface area contributed by atoms with Gasteiger partial charge in [-0.05, 0) is 29.7 Å². The Morgan fingerprint density at radius 2 is 1.93 bits per heavy atom. The number of thiophene rings is 1. The van der Waals surface area contributed by atoms with Gasteiger partial charge in [-0.15, -0.1) is 11.3 Å². The third-order valence-corrected chi connectivity index (χ3v) is 6.28. The van der Waals surface area contributed by atoms with Gasteiger partial charge in [0.2, 0.25) is 0 Å². The van der Waals surface area contributed by atoms with Gasteiger partial charge in [-0.25, -0.2) is 9.97 Å². The molecule has 144 valence electrons. The lowest BCUT2D eigenvalue weighted by Gasteiger charge is -2.14. The molecule has 0 amide bonds. The minimum Gasteiger partial charge on any atom is -0.362 e. The first-order valence-electron chi connectivity index (χ1n) is 8.71. The fourth-order valence-electron chi connectivity index (χ4n) is 2.76. The first kappa shape index (κ1) is 19.2. The van der Waals surface area contributed by atoms with Crippen molar-refractivity contribution >= 4 is 50.6 Å². The van der Waals surface area contributed by atoms with Crippen molar-refractivity contribution < 1.29 is 4.52 Å². The second kappa shape index (κ2) is 7.35. The summed E-state index contributed by atoms with van der Waals surface area (Å²) in [7, 11) is 0. The Balaban J connectivity index is 1.55. The van der Waals surface area contributed by atoms with E-state index in [4.69, 9.17) is 27.7 Å². The molecule has 1 aromatic carbocycles. The van der Waals surface area contributed by atoms with Crippen LogP contribution in [-0.2, 0) is 12.0 Å². The summed E-state index contributed by atoms with van der Waals surface area (Å²) in [6, 6.07) is 9.30. The normalized spacial score (nSPS) is 11.9. The minimum absolute atomic E-state index is 0.0698. The van der Waals surface area contributed by atoms with Crippen molar-refractivity contribution in [2.45, 2.75) is 32.7 Å². The van der Waals surface area contributed by atoms with E-state index in [1.165, 1.54) is 4.88 Å². The molecule has 0 radical (unpaired) electrons. The molecule has 0 aliphatic carbocycles. The van der Waals surface area contributed by atoms with Gasteiger partial charge in [0.15, 0.2) is 5.76 Å². The molecule has 0 spiro atoms. The highest BCUT2D eigenvalue weighted by molar-refractivity contribution is 7.18. The highest BCUT2D eigenvalue weighted by Gasteiger charge is 2.19. The first-order chi connectivity index (χ1) is 13.3. The molecule has 1 N–H and O–H groups in total. The number of nitrogens with one attached hydrogen (secondary N) is 1. The Morgan fingerprint density at radius 3 is 2.68 bits per heavy atom. The maximum absolute atomic E-state index is 6.25. The molecule has 28 heavy (non-hydrogen) atoms. The summed E-state index contributed by atoms with van der Waals surface area (Å²) in [5.41, 5.74) is 1.51. The topological polar surface area (TPSA) is 63.8 Å². The van der Waals surface area contributed by atoms with Gasteiger partial charge in [-0.3, -0.25) is 0 Å². The largest absolute Gasteiger partial charge is 0.362 e. The molecule has 0 saturated heterocycles. The molecule has 5 nitrogen and oxygen atoms in total. The molecule has 4 aromatic rings. The maximum Gasteiger partial charge on any atom is 0.156 e. The molecule has 4 rings (SSSR count). The van der Waals surface area contributed by atoms with Gasteiger partial charge in [0.1, 0.15) is 22.7 Å². The molecule has 0 saturated carbocycles. The third-order valence-electron chi connectivity index (χ3n) is 4.26. The lowest BCUT2D eigenvalue weighted by Crippen LogP contribution is -2.07. The fourth-order valence-corrected chi connectivity index (χ4v) is 4.32. The van der Waals surface area contributed by atoms with Crippen molar-refractivity contribution in [3.05, 3.63) is 57.3 Å². The molecule has 0 fully saturated rings. The first-order valence-corrected chi connectivity index (χ1v) is 10.3. The van der Waals surface area contributed by atoms with E-state index in [1.807, 2.05) is 12.1 Å². The molecular formula is C20H18Cl2N4OS. The minimum atomic E-state index is 0.0698. The van der Waals surface area contributed by atoms with Gasteiger partial charge in [0, 0.05) is 21.5 Å². The molecule has 0 aliphatic heterocycles. The lowest BCUT2D eigenvalue weighted by atomic mass is 9.94. The monoisotopic (exact) mass is 432 g/mol. The van der Waals surface area contributed by atoms with Crippen LogP contribution in [0, 0.1) is 0 Å². The summed E-state index contributed by atoms with van der Waals surface area (Å²) >= 11 is 13.9. The summed E-state index contributed by atoms with van der Waals surface area (Å²) in [6.45, 7) is 7.02. The zero-order valence-corrected chi connectivity index (χ0v) is 17.9. The molecule has 0 aliphatic rings. The number of hydrogen-bond donors (Lipinski definition) is 1. The lowest BCUT2D eigenvalue weighted by molar-refractivity contribution is 0.390. The second-order valence-corrected chi connectivity index (χ2v) is 9.33. The average Bonchev–Trinajstić information content (AvgIpc) is 3.26. The predicted octanol–water partition coefficient (Wildman–Crippen LogP) is 6.56. The van der Waals surface area contributed by atoms with Crippen molar-refractivity contribution in [2.75, 3.05) is 5.32 Å². The zero-order valence-electron chi connectivity index (χ0n) is 15.6. The van der Waals surface area contributed by atoms with Crippen LogP contribution in [0.2, 0.25) is 10.0 Å². The summed E-state index contributed by atoms with van der Waals surface area (Å²) in [4.78, 5) is 11.0. The van der Waals surface area contributed by atoms with E-state index in [2.05, 4.69) is 47.3 Å². The van der Waals surface area contributed by atoms with Gasteiger partial charge in [-0.2, -0.15) is 0 Å². The smallest absolute Gasteiger partial charge is 0.156 e. The molecule has 0 bridgehead atoms. The summed E-state index contributed by atoms with van der Waals surface area (Å²) in [6.07, 6.45) is 1.58. The number of benzene rings is 1. The van der Waals surface area contributed by atoms with Crippen molar-refractivity contribution in [1.82, 2.24) is 15.1 Å². The van der Waals surface area contributed by atoms with Crippen LogP contribution in [0.1, 0.15) is 31.4 Å². The van der Waals surface area contributed by atoms with E-state index in [1.54, 1.807) is 29.8 Å². The van der Waals surface area contributed by atoms with Crippen LogP contribution >= 0.6 is 34.5 Å². The van der Waals surface area contributed by atoms with Crippen LogP contribution in [0.3, 0.4) is 0 Å². The summed E-state index contributed by atoms with van der Waals surface area (Å²) < 4.78 is 5.45. The molecule has 0 unspecified atom stereocenters. The SMILES string of the molecule is CC(C)(C)c1cc2c(NCc3cc(-c4ccc(Cl)cc4Cl)no3)ncnc2s1. The van der Waals surface area contributed by atoms with Gasteiger partial charge in [-0.1, -0.05) is 49.1 Å². The number of nitrogens with zero attached hydrogens (tertiary/aromatic N) is 3. The molecular weight excluding hydrogens is 415 g/mol. The Labute approximate surface area is 176 Å². The molecule has 3 heterocycles. The Morgan fingerprint density at radius 1 is 1.11 bits per heavy atom. The van der Waals surface area contributed by atoms with Crippen LogP contribution in [0.25, 0.3) is 21.5 Å². The number of aromatic nitrogens is 3. The number of rotatable bonds is 4. The van der Waals surface area contributed by atoms with Gasteiger partial charge < -0.3 is 9.84 Å². The van der Waals surface area contributed by atoms with Crippen LogP contribution in [0.5, 0.6) is 0 Å². The van der Waals surface area contributed by atoms with Gasteiger partial charge >= 0.3 is 0 Å². The second-order valence-electron chi connectivity index (χ2n) is 7.46. The van der Waals surface area contributed by atoms with Crippen LogP contribution in [0.4, 0.5) is 5.82 Å². The van der Waals surface area contributed by atoms with E-state index in [0.717, 1.165) is 21.6 Å². The van der Waals surface area contributed by atoms with Crippen molar-refractivity contribution in [1.29, 1.82) is 0 Å². The number of hydrogen-bond acceptors (Lipinski definition) is 6. The van der Waals surface area contributed by atoms with Crippen LogP contribution < -0.4 is 5.32 Å². The maximum atomic E-state index is 6.25. The molecule has 8 heteroatoms. The summed E-state index contributed by atoms with van der Waals surface area (Å²) in [5.74, 6) is 1.46. The van der Waals surface area contributed by atoms with Gasteiger partial charge in [0.05, 0.1) is 17.0 Å². The van der Waals surface area contributed by atoms with E-state index >= 15 is 0 Å². The highest BCUT2D eigenvalue weighted by Crippen LogP contribution is 2.35. The van der Waals surface area contributed by atoms with Crippen molar-refractivity contribution in [3.63, 3.8) is 0 Å². The molecule has 0 atom stereocenters. The standard InChI is InChI=1S/C20H18Cl2N4OS/c1-20(2,3)17-8-14-18(24-10-25-19(14)28-17)23-9-12-7-16(26-27-12)13-5-4-11(21)6-15(13)22/h4-8,10H,9H2,1-3H3,(H,23,24,25). The van der Waals surface area contributed by atoms with E-state index < -0.39 is 0 Å². The Kier molecular flexibility index (Phi) is 5.04. The average molecular weight is 433 g/mol. The predicted molar refractivity (Wildman–Crippen MR) is 115 cm³/mol. The quantitative estimate of drug-likeness (QED) is 0.395. The fraction of sp³-hybridized carbons (Fsp3) is 0.250. The summed E-state index contributed by atoms with van der Waals surface area (Å²) in [5, 5.41) is 9.57. The van der Waals surface area contributed by atoms with Crippen LogP contribution in [0.15, 0.2) is 41.2 Å². The highest BCUT2D eigenvalue weighted by atomic mass is 35.5.